The Morgan fingerprint density at radius 2 is 1.79 bits per heavy atom. The summed E-state index contributed by atoms with van der Waals surface area (Å²) in [6.07, 6.45) is 1.32. The first-order chi connectivity index (χ1) is 11.5. The highest BCUT2D eigenvalue weighted by Gasteiger charge is 2.34. The fourth-order valence-electron chi connectivity index (χ4n) is 2.97. The topological polar surface area (TPSA) is 59.2 Å². The number of hydrogen-bond donors (Lipinski definition) is 1. The Bertz CT molecular complexity index is 694. The predicted molar refractivity (Wildman–Crippen MR) is 88.1 cm³/mol. The molecule has 1 aliphatic rings. The first-order valence-electron chi connectivity index (χ1n) is 7.89. The van der Waals surface area contributed by atoms with E-state index in [2.05, 4.69) is 4.98 Å². The Kier molecular flexibility index (Phi) is 4.46. The normalized spacial score (nSPS) is 18.2. The lowest BCUT2D eigenvalue weighted by molar-refractivity contribution is -0.118. The van der Waals surface area contributed by atoms with Crippen molar-refractivity contribution >= 4 is 11.6 Å². The van der Waals surface area contributed by atoms with Gasteiger partial charge in [0.05, 0.1) is 17.6 Å². The molecule has 6 heteroatoms. The van der Waals surface area contributed by atoms with Crippen LogP contribution in [0.15, 0.2) is 48.7 Å². The molecule has 1 aliphatic heterocycles. The van der Waals surface area contributed by atoms with Gasteiger partial charge in [0.25, 0.3) is 5.92 Å². The Morgan fingerprint density at radius 1 is 1.12 bits per heavy atom. The maximum absolute atomic E-state index is 13.2. The number of amides is 1. The highest BCUT2D eigenvalue weighted by atomic mass is 19.3. The van der Waals surface area contributed by atoms with E-state index in [-0.39, 0.29) is 12.8 Å². The first kappa shape index (κ1) is 16.4. The number of aromatic nitrogens is 1. The van der Waals surface area contributed by atoms with Crippen molar-refractivity contribution in [1.82, 2.24) is 4.98 Å². The summed E-state index contributed by atoms with van der Waals surface area (Å²) in [4.78, 5) is 18.1. The monoisotopic (exact) mass is 331 g/mol. The molecule has 1 aromatic heterocycles. The third-order valence-electron chi connectivity index (χ3n) is 4.34. The third-order valence-corrected chi connectivity index (χ3v) is 4.34. The molecule has 1 aromatic carbocycles. The lowest BCUT2D eigenvalue weighted by Crippen LogP contribution is -2.39. The third kappa shape index (κ3) is 3.53. The van der Waals surface area contributed by atoms with Gasteiger partial charge in [0.1, 0.15) is 5.92 Å². The smallest absolute Gasteiger partial charge is 0.251 e. The number of primary amides is 1. The highest BCUT2D eigenvalue weighted by Crippen LogP contribution is 2.31. The summed E-state index contributed by atoms with van der Waals surface area (Å²) in [7, 11) is 0. The van der Waals surface area contributed by atoms with Crippen LogP contribution in [0, 0.1) is 0 Å². The molecule has 1 amide bonds. The summed E-state index contributed by atoms with van der Waals surface area (Å²) in [5, 5.41) is 0. The van der Waals surface area contributed by atoms with Gasteiger partial charge in [-0.3, -0.25) is 9.78 Å². The second kappa shape index (κ2) is 6.55. The lowest BCUT2D eigenvalue weighted by Gasteiger charge is -2.33. The van der Waals surface area contributed by atoms with Crippen LogP contribution in [0.2, 0.25) is 0 Å². The fraction of sp³-hybridized carbons (Fsp3) is 0.333. The summed E-state index contributed by atoms with van der Waals surface area (Å²) in [6.45, 7) is 0.595. The van der Waals surface area contributed by atoms with Gasteiger partial charge in [-0.25, -0.2) is 8.78 Å². The number of anilines is 1. The van der Waals surface area contributed by atoms with Gasteiger partial charge in [0, 0.05) is 25.9 Å². The molecule has 2 aromatic rings. The minimum atomic E-state index is -2.58. The molecule has 24 heavy (non-hydrogen) atoms. The van der Waals surface area contributed by atoms with E-state index < -0.39 is 17.7 Å². The molecule has 0 aliphatic carbocycles. The number of nitrogens with zero attached hydrogens (tertiary/aromatic N) is 2. The average Bonchev–Trinajstić information content (AvgIpc) is 2.56. The van der Waals surface area contributed by atoms with Crippen molar-refractivity contribution in [3.8, 4) is 0 Å². The Morgan fingerprint density at radius 3 is 2.33 bits per heavy atom. The minimum absolute atomic E-state index is 0.150. The Balaban J connectivity index is 1.79. The highest BCUT2D eigenvalue weighted by molar-refractivity contribution is 5.85. The van der Waals surface area contributed by atoms with Gasteiger partial charge in [0.15, 0.2) is 0 Å². The summed E-state index contributed by atoms with van der Waals surface area (Å²) in [5.41, 5.74) is 7.66. The zero-order chi connectivity index (χ0) is 17.2. The van der Waals surface area contributed by atoms with Gasteiger partial charge in [0.2, 0.25) is 5.91 Å². The minimum Gasteiger partial charge on any atom is -0.370 e. The summed E-state index contributed by atoms with van der Waals surface area (Å²) >= 11 is 0. The number of hydrogen-bond acceptors (Lipinski definition) is 3. The number of carbonyl (C=O) groups is 1. The van der Waals surface area contributed by atoms with Gasteiger partial charge < -0.3 is 10.6 Å². The SMILES string of the molecule is NC(=O)C(c1ccccc1)c1ccc(N2CCC(F)(F)CC2)cn1. The van der Waals surface area contributed by atoms with Crippen molar-refractivity contribution in [3.63, 3.8) is 0 Å². The zero-order valence-electron chi connectivity index (χ0n) is 13.2. The van der Waals surface area contributed by atoms with E-state index in [1.807, 2.05) is 41.3 Å². The van der Waals surface area contributed by atoms with Crippen molar-refractivity contribution in [2.75, 3.05) is 18.0 Å². The molecule has 4 nitrogen and oxygen atoms in total. The van der Waals surface area contributed by atoms with E-state index in [9.17, 15) is 13.6 Å². The van der Waals surface area contributed by atoms with E-state index in [0.29, 0.717) is 18.8 Å². The van der Waals surface area contributed by atoms with Crippen LogP contribution in [0.4, 0.5) is 14.5 Å². The van der Waals surface area contributed by atoms with E-state index in [0.717, 1.165) is 11.3 Å². The summed E-state index contributed by atoms with van der Waals surface area (Å²) < 4.78 is 26.5. The number of nitrogens with two attached hydrogens (primary N) is 1. The molecule has 0 spiro atoms. The standard InChI is InChI=1S/C18H19F2N3O/c19-18(20)8-10-23(11-9-18)14-6-7-15(22-12-14)16(17(21)24)13-4-2-1-3-5-13/h1-7,12,16H,8-11H2,(H2,21,24). The Hall–Kier alpha value is -2.50. The van der Waals surface area contributed by atoms with Crippen LogP contribution < -0.4 is 10.6 Å². The first-order valence-corrected chi connectivity index (χ1v) is 7.89. The van der Waals surface area contributed by atoms with Crippen LogP contribution in [0.1, 0.15) is 30.0 Å². The van der Waals surface area contributed by atoms with Gasteiger partial charge >= 0.3 is 0 Å². The lowest BCUT2D eigenvalue weighted by atomic mass is 9.94. The number of halogens is 2. The van der Waals surface area contributed by atoms with Crippen molar-refractivity contribution < 1.29 is 13.6 Å². The summed E-state index contributed by atoms with van der Waals surface area (Å²) in [5.74, 6) is -3.67. The molecule has 126 valence electrons. The van der Waals surface area contributed by atoms with E-state index in [4.69, 9.17) is 5.73 Å². The van der Waals surface area contributed by atoms with Gasteiger partial charge in [-0.15, -0.1) is 0 Å². The molecule has 1 unspecified atom stereocenters. The van der Waals surface area contributed by atoms with Crippen LogP contribution in [-0.4, -0.2) is 29.9 Å². The van der Waals surface area contributed by atoms with Crippen molar-refractivity contribution in [1.29, 1.82) is 0 Å². The van der Waals surface area contributed by atoms with Gasteiger partial charge in [-0.2, -0.15) is 0 Å². The maximum Gasteiger partial charge on any atom is 0.251 e. The quantitative estimate of drug-likeness (QED) is 0.937. The number of carbonyl (C=O) groups excluding carboxylic acids is 1. The number of benzene rings is 1. The van der Waals surface area contributed by atoms with E-state index >= 15 is 0 Å². The average molecular weight is 331 g/mol. The number of piperidine rings is 1. The predicted octanol–water partition coefficient (Wildman–Crippen LogP) is 2.93. The van der Waals surface area contributed by atoms with E-state index in [1.54, 1.807) is 12.3 Å². The molecular formula is C18H19F2N3O. The molecule has 0 bridgehead atoms. The summed E-state index contributed by atoms with van der Waals surface area (Å²) in [6, 6.07) is 12.8. The van der Waals surface area contributed by atoms with E-state index in [1.165, 1.54) is 0 Å². The molecular weight excluding hydrogens is 312 g/mol. The largest absolute Gasteiger partial charge is 0.370 e. The number of rotatable bonds is 4. The van der Waals surface area contributed by atoms with Crippen LogP contribution in [0.25, 0.3) is 0 Å². The molecule has 3 rings (SSSR count). The molecule has 0 radical (unpaired) electrons. The van der Waals surface area contributed by atoms with Crippen molar-refractivity contribution in [3.05, 3.63) is 59.9 Å². The van der Waals surface area contributed by atoms with Crippen LogP contribution in [0.3, 0.4) is 0 Å². The molecule has 2 heterocycles. The number of pyridine rings is 1. The Labute approximate surface area is 139 Å². The molecule has 1 fully saturated rings. The molecule has 0 saturated carbocycles. The van der Waals surface area contributed by atoms with Crippen molar-refractivity contribution in [2.24, 2.45) is 5.73 Å². The van der Waals surface area contributed by atoms with Crippen molar-refractivity contribution in [2.45, 2.75) is 24.7 Å². The molecule has 2 N–H and O–H groups in total. The van der Waals surface area contributed by atoms with Gasteiger partial charge in [-0.1, -0.05) is 30.3 Å². The molecule has 1 saturated heterocycles. The molecule has 1 atom stereocenters. The van der Waals surface area contributed by atoms with Crippen LogP contribution in [0.5, 0.6) is 0 Å². The van der Waals surface area contributed by atoms with Gasteiger partial charge in [-0.05, 0) is 17.7 Å². The van der Waals surface area contributed by atoms with Crippen LogP contribution in [-0.2, 0) is 4.79 Å². The zero-order valence-corrected chi connectivity index (χ0v) is 13.2. The number of alkyl halides is 2. The second-order valence-electron chi connectivity index (χ2n) is 6.03. The maximum atomic E-state index is 13.2. The fourth-order valence-corrected chi connectivity index (χ4v) is 2.97. The second-order valence-corrected chi connectivity index (χ2v) is 6.03. The van der Waals surface area contributed by atoms with Crippen LogP contribution >= 0.6 is 0 Å².